The van der Waals surface area contributed by atoms with E-state index in [2.05, 4.69) is 10.3 Å². The van der Waals surface area contributed by atoms with Gasteiger partial charge in [0.15, 0.2) is 0 Å². The van der Waals surface area contributed by atoms with Gasteiger partial charge in [0.1, 0.15) is 18.5 Å². The molecule has 0 bridgehead atoms. The molecule has 0 saturated heterocycles. The van der Waals surface area contributed by atoms with Crippen LogP contribution in [0.1, 0.15) is 21.5 Å². The third-order valence-electron chi connectivity index (χ3n) is 3.20. The lowest BCUT2D eigenvalue weighted by atomic mass is 10.1. The van der Waals surface area contributed by atoms with Crippen molar-refractivity contribution in [2.45, 2.75) is 6.92 Å². The number of hydrogen-bond donors (Lipinski definition) is 1. The van der Waals surface area contributed by atoms with Crippen LogP contribution < -0.4 is 5.32 Å². The predicted molar refractivity (Wildman–Crippen MR) is 85.6 cm³/mol. The number of rotatable bonds is 6. The van der Waals surface area contributed by atoms with Crippen molar-refractivity contribution in [2.75, 3.05) is 18.5 Å². The summed E-state index contributed by atoms with van der Waals surface area (Å²) in [6.45, 7) is 1.88. The van der Waals surface area contributed by atoms with Crippen LogP contribution in [0.4, 0.5) is 11.5 Å². The molecule has 24 heavy (non-hydrogen) atoms. The Kier molecular flexibility index (Phi) is 5.41. The molecule has 0 aliphatic heterocycles. The van der Waals surface area contributed by atoms with Crippen molar-refractivity contribution in [2.24, 2.45) is 0 Å². The first-order valence-electron chi connectivity index (χ1n) is 7.04. The number of esters is 1. The van der Waals surface area contributed by atoms with Crippen molar-refractivity contribution in [3.8, 4) is 6.07 Å². The molecule has 1 aromatic carbocycles. The summed E-state index contributed by atoms with van der Waals surface area (Å²) in [6, 6.07) is 9.43. The number of nitro benzene ring substituents is 1. The van der Waals surface area contributed by atoms with Gasteiger partial charge in [-0.3, -0.25) is 10.1 Å². The number of anilines is 1. The van der Waals surface area contributed by atoms with Gasteiger partial charge in [0.05, 0.1) is 22.6 Å². The summed E-state index contributed by atoms with van der Waals surface area (Å²) in [4.78, 5) is 26.3. The number of carbonyl (C=O) groups excluding carboxylic acids is 1. The first kappa shape index (κ1) is 16.9. The maximum atomic E-state index is 11.9. The molecule has 0 unspecified atom stereocenters. The lowest BCUT2D eigenvalue weighted by molar-refractivity contribution is -0.385. The van der Waals surface area contributed by atoms with Crippen LogP contribution in [0.3, 0.4) is 0 Å². The molecule has 0 amide bonds. The van der Waals surface area contributed by atoms with Gasteiger partial charge in [-0.1, -0.05) is 6.07 Å². The average Bonchev–Trinajstić information content (AvgIpc) is 2.59. The number of nitriles is 1. The Morgan fingerprint density at radius 1 is 1.46 bits per heavy atom. The summed E-state index contributed by atoms with van der Waals surface area (Å²) in [5, 5.41) is 22.7. The number of carbonyl (C=O) groups is 1. The van der Waals surface area contributed by atoms with Crippen LogP contribution in [0.25, 0.3) is 0 Å². The Morgan fingerprint density at radius 3 is 2.96 bits per heavy atom. The Labute approximate surface area is 137 Å². The number of hydrogen-bond acceptors (Lipinski definition) is 7. The maximum Gasteiger partial charge on any atom is 0.338 e. The smallest absolute Gasteiger partial charge is 0.338 e. The Hall–Kier alpha value is -3.47. The first-order valence-corrected chi connectivity index (χ1v) is 7.04. The maximum absolute atomic E-state index is 11.9. The van der Waals surface area contributed by atoms with Crippen molar-refractivity contribution < 1.29 is 14.5 Å². The monoisotopic (exact) mass is 326 g/mol. The second-order valence-corrected chi connectivity index (χ2v) is 4.83. The Morgan fingerprint density at radius 2 is 2.25 bits per heavy atom. The van der Waals surface area contributed by atoms with E-state index in [1.165, 1.54) is 18.2 Å². The second kappa shape index (κ2) is 7.69. The van der Waals surface area contributed by atoms with Gasteiger partial charge < -0.3 is 10.1 Å². The molecule has 122 valence electrons. The van der Waals surface area contributed by atoms with E-state index in [-0.39, 0.29) is 24.4 Å². The number of benzene rings is 1. The van der Waals surface area contributed by atoms with Crippen LogP contribution in [-0.4, -0.2) is 29.0 Å². The average molecular weight is 326 g/mol. The van der Waals surface area contributed by atoms with Gasteiger partial charge in [0.25, 0.3) is 5.69 Å². The zero-order chi connectivity index (χ0) is 17.5. The van der Waals surface area contributed by atoms with Gasteiger partial charge in [0, 0.05) is 17.8 Å². The van der Waals surface area contributed by atoms with Crippen LogP contribution in [0.2, 0.25) is 0 Å². The quantitative estimate of drug-likeness (QED) is 0.375. The molecule has 2 rings (SSSR count). The summed E-state index contributed by atoms with van der Waals surface area (Å²) >= 11 is 0. The molecule has 0 aliphatic rings. The molecule has 0 saturated carbocycles. The van der Waals surface area contributed by atoms with Gasteiger partial charge in [-0.25, -0.2) is 9.78 Å². The molecule has 1 aromatic heterocycles. The highest BCUT2D eigenvalue weighted by Gasteiger charge is 2.15. The molecule has 0 fully saturated rings. The number of nitrogens with zero attached hydrogens (tertiary/aromatic N) is 3. The molecular formula is C16H14N4O4. The van der Waals surface area contributed by atoms with Gasteiger partial charge in [-0.2, -0.15) is 5.26 Å². The normalized spacial score (nSPS) is 9.83. The first-order chi connectivity index (χ1) is 11.5. The Bertz CT molecular complexity index is 814. The highest BCUT2D eigenvalue weighted by Crippen LogP contribution is 2.19. The van der Waals surface area contributed by atoms with Crippen LogP contribution >= 0.6 is 0 Å². The molecule has 8 nitrogen and oxygen atoms in total. The molecule has 1 N–H and O–H groups in total. The number of aryl methyl sites for hydroxylation is 1. The van der Waals surface area contributed by atoms with E-state index in [0.717, 1.165) is 0 Å². The van der Waals surface area contributed by atoms with Crippen LogP contribution in [0.5, 0.6) is 0 Å². The number of nitrogens with one attached hydrogen (secondary N) is 1. The third-order valence-corrected chi connectivity index (χ3v) is 3.20. The summed E-state index contributed by atoms with van der Waals surface area (Å²) in [5.74, 6) is -0.247. The number of nitro groups is 1. The highest BCUT2D eigenvalue weighted by atomic mass is 16.6. The van der Waals surface area contributed by atoms with Crippen LogP contribution in [-0.2, 0) is 4.74 Å². The molecule has 2 aromatic rings. The fraction of sp³-hybridized carbons (Fsp3) is 0.188. The van der Waals surface area contributed by atoms with E-state index in [1.807, 2.05) is 6.07 Å². The van der Waals surface area contributed by atoms with Gasteiger partial charge in [-0.15, -0.1) is 0 Å². The van der Waals surface area contributed by atoms with E-state index in [4.69, 9.17) is 10.00 Å². The second-order valence-electron chi connectivity index (χ2n) is 4.83. The zero-order valence-electron chi connectivity index (χ0n) is 12.9. The van der Waals surface area contributed by atoms with Crippen molar-refractivity contribution >= 4 is 17.5 Å². The largest absolute Gasteiger partial charge is 0.460 e. The fourth-order valence-corrected chi connectivity index (χ4v) is 1.97. The topological polar surface area (TPSA) is 118 Å². The van der Waals surface area contributed by atoms with Crippen molar-refractivity contribution in [3.05, 3.63) is 63.3 Å². The SMILES string of the molecule is Cc1ccc(C(=O)OCCNc2ncccc2C#N)cc1[N+](=O)[O-]. The van der Waals surface area contributed by atoms with Crippen molar-refractivity contribution in [1.82, 2.24) is 4.98 Å². The van der Waals surface area contributed by atoms with Gasteiger partial charge in [-0.05, 0) is 25.1 Å². The molecule has 0 atom stereocenters. The minimum atomic E-state index is -0.651. The molecule has 0 aliphatic carbocycles. The number of aromatic nitrogens is 1. The summed E-state index contributed by atoms with van der Waals surface area (Å²) in [7, 11) is 0. The minimum absolute atomic E-state index is 0.0297. The molecule has 8 heteroatoms. The van der Waals surface area contributed by atoms with Crippen molar-refractivity contribution in [1.29, 1.82) is 5.26 Å². The van der Waals surface area contributed by atoms with Crippen LogP contribution in [0, 0.1) is 28.4 Å². The van der Waals surface area contributed by atoms with E-state index < -0.39 is 10.9 Å². The lowest BCUT2D eigenvalue weighted by Crippen LogP contribution is -2.15. The van der Waals surface area contributed by atoms with Gasteiger partial charge >= 0.3 is 5.97 Å². The minimum Gasteiger partial charge on any atom is -0.460 e. The standard InChI is InChI=1S/C16H14N4O4/c1-11-4-5-12(9-14(11)20(22)23)16(21)24-8-7-19-15-13(10-17)3-2-6-18-15/h2-6,9H,7-8H2,1H3,(H,18,19). The predicted octanol–water partition coefficient (Wildman–Crippen LogP) is 2.44. The Balaban J connectivity index is 1.91. The lowest BCUT2D eigenvalue weighted by Gasteiger charge is -2.08. The number of pyridine rings is 1. The van der Waals surface area contributed by atoms with E-state index in [1.54, 1.807) is 25.3 Å². The summed E-state index contributed by atoms with van der Waals surface area (Å²) < 4.78 is 5.06. The van der Waals surface area contributed by atoms with Crippen molar-refractivity contribution in [3.63, 3.8) is 0 Å². The highest BCUT2D eigenvalue weighted by molar-refractivity contribution is 5.90. The molecule has 0 spiro atoms. The van der Waals surface area contributed by atoms with E-state index in [9.17, 15) is 14.9 Å². The van der Waals surface area contributed by atoms with E-state index >= 15 is 0 Å². The molecule has 1 heterocycles. The summed E-state index contributed by atoms with van der Waals surface area (Å²) in [5.41, 5.74) is 0.841. The fourth-order valence-electron chi connectivity index (χ4n) is 1.97. The van der Waals surface area contributed by atoms with E-state index in [0.29, 0.717) is 16.9 Å². The zero-order valence-corrected chi connectivity index (χ0v) is 12.9. The summed E-state index contributed by atoms with van der Waals surface area (Å²) in [6.07, 6.45) is 1.54. The van der Waals surface area contributed by atoms with Crippen LogP contribution in [0.15, 0.2) is 36.5 Å². The third kappa shape index (κ3) is 4.04. The number of ether oxygens (including phenoxy) is 1. The molecule has 0 radical (unpaired) electrons. The molecular weight excluding hydrogens is 312 g/mol. The van der Waals surface area contributed by atoms with Gasteiger partial charge in [0.2, 0.25) is 0 Å².